The van der Waals surface area contributed by atoms with E-state index in [0.29, 0.717) is 0 Å². The van der Waals surface area contributed by atoms with Crippen LogP contribution in [0.4, 0.5) is 0 Å². The molecule has 3 heterocycles. The largest absolute Gasteiger partial charge is 0.512 e. The molecule has 239 valence electrons. The van der Waals surface area contributed by atoms with Crippen molar-refractivity contribution in [1.29, 1.82) is 0 Å². The fraction of sp³-hybridized carbons (Fsp3) is 0.457. The molecule has 0 unspecified atom stereocenters. The number of rotatable bonds is 9. The Bertz CT molecular complexity index is 1660. The summed E-state index contributed by atoms with van der Waals surface area (Å²) < 4.78 is 8.15. The minimum absolute atomic E-state index is 0. The Morgan fingerprint density at radius 1 is 0.932 bits per heavy atom. The first-order chi connectivity index (χ1) is 20.3. The number of nitrogens with zero attached hydrogens (tertiary/aromatic N) is 2. The van der Waals surface area contributed by atoms with Gasteiger partial charge in [-0.3, -0.25) is 9.78 Å². The number of ketones is 1. The summed E-state index contributed by atoms with van der Waals surface area (Å²) in [7, 11) is -3.28. The van der Waals surface area contributed by atoms with Crippen LogP contribution in [0, 0.1) is 17.9 Å². The van der Waals surface area contributed by atoms with Crippen molar-refractivity contribution in [3.8, 4) is 22.8 Å². The van der Waals surface area contributed by atoms with Crippen LogP contribution in [0.1, 0.15) is 53.4 Å². The fourth-order valence-electron chi connectivity index (χ4n) is 5.83. The maximum absolute atomic E-state index is 11.7. The van der Waals surface area contributed by atoms with E-state index in [0.717, 1.165) is 64.0 Å². The van der Waals surface area contributed by atoms with Crippen molar-refractivity contribution in [2.24, 2.45) is 11.8 Å². The monoisotopic (exact) mass is 824 g/mol. The minimum atomic E-state index is -1.70. The van der Waals surface area contributed by atoms with E-state index in [2.05, 4.69) is 74.6 Å². The van der Waals surface area contributed by atoms with E-state index in [1.807, 2.05) is 27.7 Å². The Balaban J connectivity index is 0.000000286. The molecule has 2 aromatic carbocycles. The van der Waals surface area contributed by atoms with Crippen LogP contribution in [0.3, 0.4) is 0 Å². The number of thiophene rings is 1. The maximum atomic E-state index is 11.7. The van der Waals surface area contributed by atoms with Gasteiger partial charge < -0.3 is 9.84 Å². The second-order valence-electron chi connectivity index (χ2n) is 13.5. The summed E-state index contributed by atoms with van der Waals surface area (Å²) >= 11 is 1.78. The van der Waals surface area contributed by atoms with Crippen LogP contribution in [-0.2, 0) is 24.9 Å². The van der Waals surface area contributed by atoms with E-state index >= 15 is 0 Å². The number of carbonyl (C=O) groups is 1. The zero-order valence-electron chi connectivity index (χ0n) is 27.8. The van der Waals surface area contributed by atoms with Crippen molar-refractivity contribution in [3.63, 3.8) is 0 Å². The van der Waals surface area contributed by atoms with Crippen LogP contribution in [0.2, 0.25) is 39.3 Å². The summed E-state index contributed by atoms with van der Waals surface area (Å²) in [5.41, 5.74) is 1.98. The number of aliphatic hydroxyl groups is 1. The van der Waals surface area contributed by atoms with Crippen LogP contribution in [0.25, 0.3) is 32.2 Å². The molecular formula is C35H47IrN2O3SSi2-. The van der Waals surface area contributed by atoms with Gasteiger partial charge in [-0.1, -0.05) is 101 Å². The van der Waals surface area contributed by atoms with Crippen LogP contribution >= 0.6 is 11.3 Å². The second-order valence-corrected chi connectivity index (χ2v) is 24.9. The van der Waals surface area contributed by atoms with Gasteiger partial charge in [-0.25, -0.2) is 4.98 Å². The van der Waals surface area contributed by atoms with Gasteiger partial charge >= 0.3 is 0 Å². The Hall–Kier alpha value is -2.17. The Labute approximate surface area is 282 Å². The Kier molecular flexibility index (Phi) is 12.0. The molecule has 0 bridgehead atoms. The van der Waals surface area contributed by atoms with Gasteiger partial charge in [-0.05, 0) is 25.7 Å². The number of benzene rings is 2. The third-order valence-electron chi connectivity index (χ3n) is 8.31. The van der Waals surface area contributed by atoms with Crippen LogP contribution < -0.4 is 14.4 Å². The zero-order chi connectivity index (χ0) is 31.7. The van der Waals surface area contributed by atoms with E-state index in [-0.39, 0.29) is 43.5 Å². The number of carbonyl (C=O) groups excluding carboxylic acids is 1. The van der Waals surface area contributed by atoms with E-state index in [4.69, 9.17) is 9.72 Å². The van der Waals surface area contributed by atoms with Gasteiger partial charge in [-0.2, -0.15) is 0 Å². The van der Waals surface area contributed by atoms with Gasteiger partial charge in [0, 0.05) is 53.6 Å². The summed E-state index contributed by atoms with van der Waals surface area (Å²) in [5.74, 6) is 2.53. The molecule has 0 atom stereocenters. The molecule has 0 saturated heterocycles. The number of allylic oxidation sites excluding steroid dienone is 2. The number of aromatic nitrogens is 2. The predicted molar refractivity (Wildman–Crippen MR) is 189 cm³/mol. The molecule has 0 amide bonds. The first kappa shape index (κ1) is 36.3. The molecule has 4 aromatic rings. The molecule has 0 fully saturated rings. The first-order valence-corrected chi connectivity index (χ1v) is 23.5. The summed E-state index contributed by atoms with van der Waals surface area (Å²) in [5, 5.41) is 14.6. The molecule has 9 heteroatoms. The van der Waals surface area contributed by atoms with Crippen molar-refractivity contribution in [3.05, 3.63) is 48.5 Å². The average molecular weight is 824 g/mol. The molecule has 1 aliphatic heterocycles. The van der Waals surface area contributed by atoms with Gasteiger partial charge in [-0.15, -0.1) is 28.9 Å². The molecular weight excluding hydrogens is 777 g/mol. The summed E-state index contributed by atoms with van der Waals surface area (Å²) in [6.07, 6.45) is 6.60. The third kappa shape index (κ3) is 7.28. The van der Waals surface area contributed by atoms with Crippen molar-refractivity contribution in [2.75, 3.05) is 0 Å². The standard InChI is InChI=1S/C22H23N2OSSi2.C13H24O2.Ir/c1-27(2,3)20-14-10-8-7-9-13(14)11-15-17-16-19(25-18(15)20)22(28(4,5)6)26-21(16)24-12-23-17;1-5-10(6-2)12(14)9-13(15)11(7-3)8-4;/h7-10,12H,1-6H3;9-11,14H,5-8H2,1-4H3;/q-1;;/b;12-9-;. The molecule has 5 rings (SSSR count). The van der Waals surface area contributed by atoms with Crippen LogP contribution in [-0.4, -0.2) is 37.0 Å². The van der Waals surface area contributed by atoms with Crippen LogP contribution in [0.15, 0.2) is 42.4 Å². The zero-order valence-corrected chi connectivity index (χ0v) is 33.1. The van der Waals surface area contributed by atoms with E-state index in [9.17, 15) is 9.90 Å². The molecule has 0 saturated carbocycles. The average Bonchev–Trinajstić information content (AvgIpc) is 3.33. The summed E-state index contributed by atoms with van der Waals surface area (Å²) in [6.45, 7) is 22.3. The Morgan fingerprint density at radius 2 is 1.55 bits per heavy atom. The van der Waals surface area contributed by atoms with Gasteiger partial charge in [0.05, 0.1) is 27.7 Å². The topological polar surface area (TPSA) is 72.3 Å². The van der Waals surface area contributed by atoms with Crippen molar-refractivity contribution in [2.45, 2.75) is 92.7 Å². The fourth-order valence-corrected chi connectivity index (χ4v) is 10.9. The van der Waals surface area contributed by atoms with Gasteiger partial charge in [0.1, 0.15) is 16.9 Å². The van der Waals surface area contributed by atoms with Gasteiger partial charge in [0.2, 0.25) is 0 Å². The molecule has 0 aliphatic carbocycles. The van der Waals surface area contributed by atoms with E-state index < -0.39 is 16.1 Å². The summed E-state index contributed by atoms with van der Waals surface area (Å²) in [4.78, 5) is 22.0. The minimum Gasteiger partial charge on any atom is -0.512 e. The van der Waals surface area contributed by atoms with Crippen molar-refractivity contribution in [1.82, 2.24) is 9.97 Å². The molecule has 5 nitrogen and oxygen atoms in total. The molecule has 1 radical (unpaired) electrons. The Morgan fingerprint density at radius 3 is 2.11 bits per heavy atom. The molecule has 44 heavy (non-hydrogen) atoms. The molecule has 0 spiro atoms. The molecule has 1 aliphatic rings. The van der Waals surface area contributed by atoms with Crippen molar-refractivity contribution >= 4 is 63.9 Å². The number of hydrogen-bond acceptors (Lipinski definition) is 6. The number of fused-ring (bicyclic) bond motifs is 3. The summed E-state index contributed by atoms with van der Waals surface area (Å²) in [6, 6.07) is 12.2. The third-order valence-corrected chi connectivity index (χ3v) is 14.9. The molecule has 2 aromatic heterocycles. The maximum Gasteiger partial charge on any atom is 0.162 e. The second kappa shape index (κ2) is 14.5. The van der Waals surface area contributed by atoms with E-state index in [1.165, 1.54) is 21.1 Å². The molecule has 1 N–H and O–H groups in total. The quantitative estimate of drug-likeness (QED) is 0.0695. The normalized spacial score (nSPS) is 13.0. The van der Waals surface area contributed by atoms with Gasteiger partial charge in [0.25, 0.3) is 0 Å². The number of aliphatic hydroxyl groups excluding tert-OH is 1. The van der Waals surface area contributed by atoms with E-state index in [1.54, 1.807) is 17.7 Å². The smallest absolute Gasteiger partial charge is 0.162 e. The number of ether oxygens (including phenoxy) is 1. The SMILES string of the molecule is CCC(CC)C(=O)/C=C(\O)C(CC)CC.C[Si](C)(C)c1sc2ncnc3c2c1Oc1c-3[c-]c2ccccc2c1[Si](C)(C)C.[Ir]. The van der Waals surface area contributed by atoms with Gasteiger partial charge in [0.15, 0.2) is 5.78 Å². The van der Waals surface area contributed by atoms with Crippen LogP contribution in [0.5, 0.6) is 11.5 Å². The predicted octanol–water partition coefficient (Wildman–Crippen LogP) is 9.38. The number of hydrogen-bond donors (Lipinski definition) is 1. The van der Waals surface area contributed by atoms with Crippen molar-refractivity contribution < 1.29 is 34.7 Å². The first-order valence-electron chi connectivity index (χ1n) is 15.7.